The summed E-state index contributed by atoms with van der Waals surface area (Å²) >= 11 is 0. The third-order valence-electron chi connectivity index (χ3n) is 5.50. The number of carbonyl (C=O) groups is 1. The van der Waals surface area contributed by atoms with Crippen molar-refractivity contribution in [1.82, 2.24) is 25.2 Å². The molecular weight excluding hydrogens is 418 g/mol. The van der Waals surface area contributed by atoms with E-state index >= 15 is 0 Å². The summed E-state index contributed by atoms with van der Waals surface area (Å²) < 4.78 is 28.8. The number of rotatable bonds is 5. The lowest BCUT2D eigenvalue weighted by molar-refractivity contribution is 0.0946. The van der Waals surface area contributed by atoms with Crippen molar-refractivity contribution >= 4 is 22.6 Å². The van der Waals surface area contributed by atoms with E-state index in [9.17, 15) is 18.4 Å². The second kappa shape index (κ2) is 8.99. The van der Waals surface area contributed by atoms with Crippen molar-refractivity contribution in [3.05, 3.63) is 63.3 Å². The van der Waals surface area contributed by atoms with Gasteiger partial charge in [0.05, 0.1) is 17.4 Å². The van der Waals surface area contributed by atoms with E-state index in [0.717, 1.165) is 5.56 Å². The summed E-state index contributed by atoms with van der Waals surface area (Å²) in [5.74, 6) is -1.65. The molecule has 4 rings (SSSR count). The molecule has 32 heavy (non-hydrogen) atoms. The van der Waals surface area contributed by atoms with Gasteiger partial charge in [-0.3, -0.25) is 14.5 Å². The topological polar surface area (TPSA) is 94.2 Å². The first kappa shape index (κ1) is 21.8. The molecule has 0 aliphatic carbocycles. The molecule has 1 aliphatic rings. The van der Waals surface area contributed by atoms with Crippen LogP contribution in [-0.2, 0) is 6.54 Å². The van der Waals surface area contributed by atoms with Gasteiger partial charge in [-0.2, -0.15) is 0 Å². The molecule has 168 valence electrons. The summed E-state index contributed by atoms with van der Waals surface area (Å²) in [6.45, 7) is 6.85. The van der Waals surface area contributed by atoms with Crippen molar-refractivity contribution < 1.29 is 13.6 Å². The van der Waals surface area contributed by atoms with Crippen LogP contribution in [0.1, 0.15) is 28.7 Å². The zero-order valence-electron chi connectivity index (χ0n) is 17.9. The summed E-state index contributed by atoms with van der Waals surface area (Å²) in [6.07, 6.45) is 1.51. The highest BCUT2D eigenvalue weighted by Gasteiger charge is 2.21. The van der Waals surface area contributed by atoms with Crippen molar-refractivity contribution in [3.8, 4) is 0 Å². The third-order valence-corrected chi connectivity index (χ3v) is 5.50. The van der Waals surface area contributed by atoms with E-state index in [0.29, 0.717) is 50.5 Å². The molecule has 0 atom stereocenters. The number of hydrogen-bond acceptors (Lipinski definition) is 6. The standard InChI is InChI=1S/C22H24F2N6O2/c1-3-25-22(32)20-17(24)10-15(11-26-20)30-6-4-29(5-7-30)12-14-8-16(23)19-18(9-14)28-21(31)13(2)27-19/h8-11H,3-7,12H2,1-2H3,(H,25,32)(H,28,31). The first-order valence-corrected chi connectivity index (χ1v) is 10.5. The molecule has 1 aliphatic heterocycles. The Morgan fingerprint density at radius 1 is 1.16 bits per heavy atom. The van der Waals surface area contributed by atoms with Crippen LogP contribution in [0.4, 0.5) is 14.5 Å². The maximum Gasteiger partial charge on any atom is 0.272 e. The third kappa shape index (κ3) is 4.45. The molecule has 1 saturated heterocycles. The van der Waals surface area contributed by atoms with Gasteiger partial charge >= 0.3 is 0 Å². The average Bonchev–Trinajstić information content (AvgIpc) is 2.76. The monoisotopic (exact) mass is 442 g/mol. The number of anilines is 1. The van der Waals surface area contributed by atoms with Crippen molar-refractivity contribution in [2.45, 2.75) is 20.4 Å². The van der Waals surface area contributed by atoms with Gasteiger partial charge < -0.3 is 15.2 Å². The van der Waals surface area contributed by atoms with Gasteiger partial charge in [-0.15, -0.1) is 0 Å². The molecule has 10 heteroatoms. The van der Waals surface area contributed by atoms with Gasteiger partial charge in [-0.05, 0) is 31.5 Å². The number of piperazine rings is 1. The van der Waals surface area contributed by atoms with E-state index in [1.54, 1.807) is 19.9 Å². The van der Waals surface area contributed by atoms with Crippen LogP contribution in [0.5, 0.6) is 0 Å². The van der Waals surface area contributed by atoms with Crippen LogP contribution in [0.2, 0.25) is 0 Å². The van der Waals surface area contributed by atoms with Gasteiger partial charge in [-0.1, -0.05) is 0 Å². The Morgan fingerprint density at radius 3 is 2.59 bits per heavy atom. The molecule has 0 bridgehead atoms. The van der Waals surface area contributed by atoms with Gasteiger partial charge in [0.1, 0.15) is 11.2 Å². The van der Waals surface area contributed by atoms with Gasteiger partial charge in [0, 0.05) is 45.3 Å². The quantitative estimate of drug-likeness (QED) is 0.628. The zero-order valence-corrected chi connectivity index (χ0v) is 17.9. The Hall–Kier alpha value is -3.40. The van der Waals surface area contributed by atoms with Crippen LogP contribution in [0.15, 0.2) is 29.2 Å². The van der Waals surface area contributed by atoms with Crippen LogP contribution < -0.4 is 15.8 Å². The molecule has 8 nitrogen and oxygen atoms in total. The van der Waals surface area contributed by atoms with Crippen LogP contribution >= 0.6 is 0 Å². The number of pyridine rings is 1. The van der Waals surface area contributed by atoms with E-state index in [1.165, 1.54) is 18.3 Å². The number of aromatic nitrogens is 3. The van der Waals surface area contributed by atoms with Gasteiger partial charge in [0.2, 0.25) is 0 Å². The Balaban J connectivity index is 1.42. The van der Waals surface area contributed by atoms with Crippen molar-refractivity contribution in [3.63, 3.8) is 0 Å². The normalized spacial score (nSPS) is 14.7. The summed E-state index contributed by atoms with van der Waals surface area (Å²) in [5.41, 5.74) is 1.57. The van der Waals surface area contributed by atoms with E-state index < -0.39 is 17.5 Å². The fourth-order valence-corrected chi connectivity index (χ4v) is 3.82. The van der Waals surface area contributed by atoms with Crippen LogP contribution in [0, 0.1) is 18.6 Å². The molecule has 1 aromatic carbocycles. The second-order valence-electron chi connectivity index (χ2n) is 7.77. The Bertz CT molecular complexity index is 1220. The molecule has 0 spiro atoms. The van der Waals surface area contributed by atoms with Crippen LogP contribution in [0.25, 0.3) is 11.0 Å². The fourth-order valence-electron chi connectivity index (χ4n) is 3.82. The van der Waals surface area contributed by atoms with Gasteiger partial charge in [0.25, 0.3) is 11.5 Å². The van der Waals surface area contributed by atoms with E-state index in [1.807, 2.05) is 4.90 Å². The molecule has 2 aromatic heterocycles. The Morgan fingerprint density at radius 2 is 1.91 bits per heavy atom. The lowest BCUT2D eigenvalue weighted by Gasteiger charge is -2.36. The number of nitrogens with one attached hydrogen (secondary N) is 2. The van der Waals surface area contributed by atoms with Crippen molar-refractivity contribution in [1.29, 1.82) is 0 Å². The number of halogens is 2. The van der Waals surface area contributed by atoms with Crippen LogP contribution in [0.3, 0.4) is 0 Å². The molecule has 1 amide bonds. The number of benzene rings is 1. The lowest BCUT2D eigenvalue weighted by atomic mass is 10.1. The molecule has 0 unspecified atom stereocenters. The maximum atomic E-state index is 14.5. The summed E-state index contributed by atoms with van der Waals surface area (Å²) in [6, 6.07) is 4.52. The minimum absolute atomic E-state index is 0.154. The molecule has 2 N–H and O–H groups in total. The number of fused-ring (bicyclic) bond motifs is 1. The average molecular weight is 442 g/mol. The molecule has 0 saturated carbocycles. The highest BCUT2D eigenvalue weighted by molar-refractivity contribution is 5.92. The highest BCUT2D eigenvalue weighted by atomic mass is 19.1. The smallest absolute Gasteiger partial charge is 0.272 e. The van der Waals surface area contributed by atoms with Crippen LogP contribution in [-0.4, -0.2) is 58.5 Å². The maximum absolute atomic E-state index is 14.5. The first-order chi connectivity index (χ1) is 15.4. The van der Waals surface area contributed by atoms with E-state index in [-0.39, 0.29) is 22.5 Å². The zero-order chi connectivity index (χ0) is 22.8. The summed E-state index contributed by atoms with van der Waals surface area (Å²) in [7, 11) is 0. The number of H-pyrrole nitrogens is 1. The first-order valence-electron chi connectivity index (χ1n) is 10.5. The van der Waals surface area contributed by atoms with Crippen molar-refractivity contribution in [2.24, 2.45) is 0 Å². The molecular formula is C22H24F2N6O2. The Kier molecular flexibility index (Phi) is 6.13. The molecule has 0 radical (unpaired) electrons. The number of amides is 1. The van der Waals surface area contributed by atoms with Gasteiger partial charge in [0.15, 0.2) is 17.3 Å². The predicted molar refractivity (Wildman–Crippen MR) is 117 cm³/mol. The number of carbonyl (C=O) groups excluding carboxylic acids is 1. The summed E-state index contributed by atoms with van der Waals surface area (Å²) in [5, 5.41) is 2.54. The second-order valence-corrected chi connectivity index (χ2v) is 7.77. The molecule has 1 fully saturated rings. The minimum Gasteiger partial charge on any atom is -0.368 e. The van der Waals surface area contributed by atoms with Crippen molar-refractivity contribution in [2.75, 3.05) is 37.6 Å². The number of aromatic amines is 1. The van der Waals surface area contributed by atoms with E-state index in [4.69, 9.17) is 0 Å². The summed E-state index contributed by atoms with van der Waals surface area (Å²) in [4.78, 5) is 38.5. The van der Waals surface area contributed by atoms with Gasteiger partial charge in [-0.25, -0.2) is 18.7 Å². The predicted octanol–water partition coefficient (Wildman–Crippen LogP) is 1.98. The number of hydrogen-bond donors (Lipinski definition) is 2. The SMILES string of the molecule is CCNC(=O)c1ncc(N2CCN(Cc3cc(F)c4nc(C)c(=O)[nH]c4c3)CC2)cc1F. The fraction of sp³-hybridized carbons (Fsp3) is 0.364. The van der Waals surface area contributed by atoms with E-state index in [2.05, 4.69) is 25.2 Å². The lowest BCUT2D eigenvalue weighted by Crippen LogP contribution is -2.46. The minimum atomic E-state index is -0.652. The number of aryl methyl sites for hydroxylation is 1. The Labute approximate surface area is 183 Å². The highest BCUT2D eigenvalue weighted by Crippen LogP contribution is 2.21. The molecule has 3 aromatic rings. The number of nitrogens with zero attached hydrogens (tertiary/aromatic N) is 4. The molecule has 3 heterocycles. The largest absolute Gasteiger partial charge is 0.368 e.